The van der Waals surface area contributed by atoms with Crippen LogP contribution in [0.3, 0.4) is 0 Å². The Morgan fingerprint density at radius 1 is 0.667 bits per heavy atom. The van der Waals surface area contributed by atoms with Crippen LogP contribution in [0, 0.1) is 5.92 Å². The molecule has 3 atom stereocenters. The molecule has 1 saturated heterocycles. The Balaban J connectivity index is 1.68. The quantitative estimate of drug-likeness (QED) is 0.761. The molecule has 0 radical (unpaired) electrons. The summed E-state index contributed by atoms with van der Waals surface area (Å²) >= 11 is 0. The number of nitrogens with zero attached hydrogens (tertiary/aromatic N) is 1. The van der Waals surface area contributed by atoms with E-state index in [4.69, 9.17) is 0 Å². The van der Waals surface area contributed by atoms with E-state index >= 15 is 0 Å². The molecule has 1 aliphatic heterocycles. The van der Waals surface area contributed by atoms with Crippen molar-refractivity contribution in [3.8, 4) is 0 Å². The lowest BCUT2D eigenvalue weighted by molar-refractivity contribution is 0.0239. The van der Waals surface area contributed by atoms with Crippen LogP contribution in [0.25, 0.3) is 0 Å². The van der Waals surface area contributed by atoms with Gasteiger partial charge in [0.05, 0.1) is 6.10 Å². The first-order chi connectivity index (χ1) is 8.86. The molecule has 104 valence electrons. The summed E-state index contributed by atoms with van der Waals surface area (Å²) < 4.78 is 0. The predicted octanol–water partition coefficient (Wildman–Crippen LogP) is 3.33. The molecule has 2 heteroatoms. The summed E-state index contributed by atoms with van der Waals surface area (Å²) in [6.07, 6.45) is 14.7. The highest BCUT2D eigenvalue weighted by Crippen LogP contribution is 2.38. The fourth-order valence-electron chi connectivity index (χ4n) is 4.73. The van der Waals surface area contributed by atoms with E-state index in [0.717, 1.165) is 18.4 Å². The zero-order valence-electron chi connectivity index (χ0n) is 11.7. The highest BCUT2D eigenvalue weighted by atomic mass is 16.3. The Bertz CT molecular complexity index is 262. The fourth-order valence-corrected chi connectivity index (χ4v) is 4.73. The average molecular weight is 251 g/mol. The van der Waals surface area contributed by atoms with E-state index in [0.29, 0.717) is 6.04 Å². The van der Waals surface area contributed by atoms with Crippen molar-refractivity contribution >= 4 is 0 Å². The van der Waals surface area contributed by atoms with Gasteiger partial charge in [-0.2, -0.15) is 0 Å². The van der Waals surface area contributed by atoms with Crippen LogP contribution < -0.4 is 0 Å². The molecule has 3 rings (SSSR count). The molecule has 3 fully saturated rings. The van der Waals surface area contributed by atoms with Crippen molar-refractivity contribution in [1.82, 2.24) is 4.90 Å². The lowest BCUT2D eigenvalue weighted by Gasteiger charge is -2.38. The smallest absolute Gasteiger partial charge is 0.0695 e. The first-order valence-electron chi connectivity index (χ1n) is 8.30. The zero-order valence-corrected chi connectivity index (χ0v) is 11.7. The summed E-state index contributed by atoms with van der Waals surface area (Å²) in [6.45, 7) is 1.25. The topological polar surface area (TPSA) is 23.5 Å². The summed E-state index contributed by atoms with van der Waals surface area (Å²) in [5, 5.41) is 10.4. The van der Waals surface area contributed by atoms with Gasteiger partial charge in [-0.05, 0) is 51.0 Å². The van der Waals surface area contributed by atoms with Crippen molar-refractivity contribution in [3.05, 3.63) is 0 Å². The first kappa shape index (κ1) is 12.9. The first-order valence-corrected chi connectivity index (χ1v) is 8.30. The van der Waals surface area contributed by atoms with Crippen LogP contribution in [0.2, 0.25) is 0 Å². The molecule has 0 bridgehead atoms. The molecule has 1 N–H and O–H groups in total. The van der Waals surface area contributed by atoms with Crippen LogP contribution >= 0.6 is 0 Å². The maximum atomic E-state index is 10.4. The van der Waals surface area contributed by atoms with E-state index in [1.807, 2.05) is 0 Å². The van der Waals surface area contributed by atoms with Crippen LogP contribution in [-0.2, 0) is 0 Å². The van der Waals surface area contributed by atoms with E-state index in [1.54, 1.807) is 0 Å². The number of aliphatic hydroxyl groups is 1. The van der Waals surface area contributed by atoms with E-state index < -0.39 is 0 Å². The highest BCUT2D eigenvalue weighted by Gasteiger charge is 2.39. The van der Waals surface area contributed by atoms with Gasteiger partial charge in [0.1, 0.15) is 0 Å². The molecule has 0 spiro atoms. The molecule has 2 nitrogen and oxygen atoms in total. The molecule has 0 amide bonds. The Labute approximate surface area is 112 Å². The summed E-state index contributed by atoms with van der Waals surface area (Å²) in [6, 6.07) is 1.30. The molecule has 3 aliphatic rings. The minimum atomic E-state index is -0.0468. The Morgan fingerprint density at radius 3 is 2.17 bits per heavy atom. The largest absolute Gasteiger partial charge is 0.391 e. The third kappa shape index (κ3) is 2.60. The lowest BCUT2D eigenvalue weighted by atomic mass is 9.93. The SMILES string of the molecule is OC1CCCCCC1N1CCCC1C1CCCC1. The van der Waals surface area contributed by atoms with Crippen LogP contribution in [0.5, 0.6) is 0 Å². The van der Waals surface area contributed by atoms with Gasteiger partial charge in [0.15, 0.2) is 0 Å². The highest BCUT2D eigenvalue weighted by molar-refractivity contribution is 4.93. The lowest BCUT2D eigenvalue weighted by Crippen LogP contribution is -2.47. The zero-order chi connectivity index (χ0) is 12.4. The Morgan fingerprint density at radius 2 is 1.33 bits per heavy atom. The second kappa shape index (κ2) is 5.92. The maximum Gasteiger partial charge on any atom is 0.0695 e. The summed E-state index contributed by atoms with van der Waals surface area (Å²) in [4.78, 5) is 2.73. The number of rotatable bonds is 2. The molecule has 2 saturated carbocycles. The van der Waals surface area contributed by atoms with Crippen molar-refractivity contribution in [2.75, 3.05) is 6.54 Å². The van der Waals surface area contributed by atoms with E-state index in [2.05, 4.69) is 4.90 Å². The Hall–Kier alpha value is -0.0800. The Kier molecular flexibility index (Phi) is 4.25. The summed E-state index contributed by atoms with van der Waals surface area (Å²) in [5.41, 5.74) is 0. The molecule has 1 heterocycles. The van der Waals surface area contributed by atoms with E-state index in [9.17, 15) is 5.11 Å². The standard InChI is InChI=1S/C16H29NO/c18-16-11-3-1-2-9-15(16)17-12-6-10-14(17)13-7-4-5-8-13/h13-16,18H,1-12H2. The van der Waals surface area contributed by atoms with Crippen LogP contribution in [0.15, 0.2) is 0 Å². The van der Waals surface area contributed by atoms with Crippen LogP contribution in [0.1, 0.15) is 70.6 Å². The third-order valence-corrected chi connectivity index (χ3v) is 5.66. The molecule has 0 aromatic rings. The third-order valence-electron chi connectivity index (χ3n) is 5.66. The van der Waals surface area contributed by atoms with Gasteiger partial charge < -0.3 is 5.11 Å². The van der Waals surface area contributed by atoms with Crippen molar-refractivity contribution < 1.29 is 5.11 Å². The number of hydrogen-bond donors (Lipinski definition) is 1. The molecule has 2 aliphatic carbocycles. The van der Waals surface area contributed by atoms with Gasteiger partial charge in [-0.15, -0.1) is 0 Å². The molecule has 0 aromatic carbocycles. The van der Waals surface area contributed by atoms with E-state index in [1.165, 1.54) is 70.8 Å². The van der Waals surface area contributed by atoms with Crippen molar-refractivity contribution in [3.63, 3.8) is 0 Å². The van der Waals surface area contributed by atoms with Gasteiger partial charge in [0.25, 0.3) is 0 Å². The van der Waals surface area contributed by atoms with Crippen LogP contribution in [-0.4, -0.2) is 34.7 Å². The van der Waals surface area contributed by atoms with Gasteiger partial charge in [-0.25, -0.2) is 0 Å². The second-order valence-corrected chi connectivity index (χ2v) is 6.76. The second-order valence-electron chi connectivity index (χ2n) is 6.76. The van der Waals surface area contributed by atoms with Gasteiger partial charge in [0.2, 0.25) is 0 Å². The maximum absolute atomic E-state index is 10.4. The molecule has 3 unspecified atom stereocenters. The summed E-state index contributed by atoms with van der Waals surface area (Å²) in [7, 11) is 0. The monoisotopic (exact) mass is 251 g/mol. The molecular formula is C16H29NO. The van der Waals surface area contributed by atoms with Gasteiger partial charge >= 0.3 is 0 Å². The predicted molar refractivity (Wildman–Crippen MR) is 74.6 cm³/mol. The average Bonchev–Trinajstić information content (AvgIpc) is 3.00. The van der Waals surface area contributed by atoms with E-state index in [-0.39, 0.29) is 6.10 Å². The van der Waals surface area contributed by atoms with Gasteiger partial charge in [-0.3, -0.25) is 4.90 Å². The van der Waals surface area contributed by atoms with Gasteiger partial charge in [0, 0.05) is 12.1 Å². The minimum Gasteiger partial charge on any atom is -0.391 e. The number of likely N-dealkylation sites (tertiary alicyclic amines) is 1. The number of hydrogen-bond acceptors (Lipinski definition) is 2. The number of aliphatic hydroxyl groups excluding tert-OH is 1. The van der Waals surface area contributed by atoms with Crippen molar-refractivity contribution in [2.45, 2.75) is 88.8 Å². The minimum absolute atomic E-state index is 0.0468. The molecular weight excluding hydrogens is 222 g/mol. The summed E-state index contributed by atoms with van der Waals surface area (Å²) in [5.74, 6) is 0.947. The molecule has 18 heavy (non-hydrogen) atoms. The van der Waals surface area contributed by atoms with Gasteiger partial charge in [-0.1, -0.05) is 32.1 Å². The fraction of sp³-hybridized carbons (Fsp3) is 1.00. The van der Waals surface area contributed by atoms with Crippen LogP contribution in [0.4, 0.5) is 0 Å². The normalized spacial score (nSPS) is 40.2. The molecule has 0 aromatic heterocycles. The van der Waals surface area contributed by atoms with Crippen molar-refractivity contribution in [1.29, 1.82) is 0 Å². The van der Waals surface area contributed by atoms with Crippen molar-refractivity contribution in [2.24, 2.45) is 5.92 Å².